The zero-order valence-corrected chi connectivity index (χ0v) is 10.8. The highest BCUT2D eigenvalue weighted by molar-refractivity contribution is 9.10. The maximum Gasteiger partial charge on any atom is 0.147 e. The van der Waals surface area contributed by atoms with E-state index >= 15 is 0 Å². The Labute approximate surface area is 107 Å². The van der Waals surface area contributed by atoms with Crippen LogP contribution in [-0.2, 0) is 0 Å². The molecular formula is C13H11BrFNO. The fourth-order valence-corrected chi connectivity index (χ4v) is 2.34. The monoisotopic (exact) mass is 295 g/mol. The number of aliphatic hydroxyl groups is 1. The van der Waals surface area contributed by atoms with E-state index in [1.807, 2.05) is 19.1 Å². The molecule has 88 valence electrons. The molecule has 0 aliphatic carbocycles. The fraction of sp³-hybridized carbons (Fsp3) is 0.154. The van der Waals surface area contributed by atoms with E-state index in [-0.39, 0.29) is 5.56 Å². The van der Waals surface area contributed by atoms with Crippen LogP contribution in [0.25, 0.3) is 0 Å². The van der Waals surface area contributed by atoms with E-state index in [0.717, 1.165) is 16.2 Å². The molecule has 1 unspecified atom stereocenters. The Morgan fingerprint density at radius 1 is 1.29 bits per heavy atom. The standard InChI is InChI=1S/C13H11BrFNO/c1-8-2-3-9(11(14)6-8)13(17)10-4-5-16-7-12(10)15/h2-7,13,17H,1H3. The van der Waals surface area contributed by atoms with Crippen molar-refractivity contribution >= 4 is 15.9 Å². The number of rotatable bonds is 2. The lowest BCUT2D eigenvalue weighted by Crippen LogP contribution is -2.04. The SMILES string of the molecule is Cc1ccc(C(O)c2ccncc2F)c(Br)c1. The van der Waals surface area contributed by atoms with Gasteiger partial charge < -0.3 is 5.11 Å². The molecule has 1 aromatic heterocycles. The number of nitrogens with zero attached hydrogens (tertiary/aromatic N) is 1. The average Bonchev–Trinajstić information content (AvgIpc) is 2.29. The van der Waals surface area contributed by atoms with Crippen LogP contribution in [-0.4, -0.2) is 10.1 Å². The summed E-state index contributed by atoms with van der Waals surface area (Å²) >= 11 is 3.37. The van der Waals surface area contributed by atoms with Crippen molar-refractivity contribution in [2.75, 3.05) is 0 Å². The second kappa shape index (κ2) is 4.94. The molecule has 0 fully saturated rings. The molecule has 4 heteroatoms. The lowest BCUT2D eigenvalue weighted by atomic mass is 10.0. The Kier molecular flexibility index (Phi) is 3.54. The van der Waals surface area contributed by atoms with Gasteiger partial charge in [0.05, 0.1) is 6.20 Å². The Morgan fingerprint density at radius 2 is 2.06 bits per heavy atom. The van der Waals surface area contributed by atoms with E-state index in [0.29, 0.717) is 5.56 Å². The van der Waals surface area contributed by atoms with E-state index in [9.17, 15) is 9.50 Å². The van der Waals surface area contributed by atoms with Gasteiger partial charge in [0, 0.05) is 16.2 Å². The zero-order chi connectivity index (χ0) is 12.4. The Morgan fingerprint density at radius 3 is 2.71 bits per heavy atom. The number of hydrogen-bond acceptors (Lipinski definition) is 2. The molecule has 0 aliphatic heterocycles. The second-order valence-electron chi connectivity index (χ2n) is 3.82. The molecule has 2 nitrogen and oxygen atoms in total. The number of halogens is 2. The molecule has 1 atom stereocenters. The van der Waals surface area contributed by atoms with Gasteiger partial charge in [-0.25, -0.2) is 4.39 Å². The lowest BCUT2D eigenvalue weighted by Gasteiger charge is -2.14. The van der Waals surface area contributed by atoms with Crippen molar-refractivity contribution in [1.82, 2.24) is 4.98 Å². The van der Waals surface area contributed by atoms with E-state index < -0.39 is 11.9 Å². The van der Waals surface area contributed by atoms with Gasteiger partial charge in [-0.1, -0.05) is 28.1 Å². The molecule has 1 N–H and O–H groups in total. The Balaban J connectivity index is 2.44. The smallest absolute Gasteiger partial charge is 0.147 e. The van der Waals surface area contributed by atoms with Gasteiger partial charge in [0.2, 0.25) is 0 Å². The number of pyridine rings is 1. The zero-order valence-electron chi connectivity index (χ0n) is 9.19. The van der Waals surface area contributed by atoms with Gasteiger partial charge in [0.25, 0.3) is 0 Å². The van der Waals surface area contributed by atoms with Crippen molar-refractivity contribution in [2.24, 2.45) is 0 Å². The van der Waals surface area contributed by atoms with Gasteiger partial charge in [-0.05, 0) is 30.2 Å². The lowest BCUT2D eigenvalue weighted by molar-refractivity contribution is 0.214. The van der Waals surface area contributed by atoms with Crippen LogP contribution in [0.1, 0.15) is 22.8 Å². The van der Waals surface area contributed by atoms with E-state index in [1.54, 1.807) is 6.07 Å². The summed E-state index contributed by atoms with van der Waals surface area (Å²) in [5, 5.41) is 10.1. The van der Waals surface area contributed by atoms with Crippen LogP contribution in [0.2, 0.25) is 0 Å². The van der Waals surface area contributed by atoms with Gasteiger partial charge in [-0.3, -0.25) is 4.98 Å². The van der Waals surface area contributed by atoms with Crippen molar-refractivity contribution in [3.05, 3.63) is 63.6 Å². The summed E-state index contributed by atoms with van der Waals surface area (Å²) in [6, 6.07) is 7.02. The first-order valence-electron chi connectivity index (χ1n) is 5.13. The predicted octanol–water partition coefficient (Wildman–Crippen LogP) is 3.37. The number of aromatic nitrogens is 1. The van der Waals surface area contributed by atoms with Crippen LogP contribution in [0.15, 0.2) is 41.1 Å². The number of hydrogen-bond donors (Lipinski definition) is 1. The minimum absolute atomic E-state index is 0.226. The van der Waals surface area contributed by atoms with Crippen molar-refractivity contribution in [3.8, 4) is 0 Å². The summed E-state index contributed by atoms with van der Waals surface area (Å²) in [5.74, 6) is -0.507. The third-order valence-corrected chi connectivity index (χ3v) is 3.24. The summed E-state index contributed by atoms with van der Waals surface area (Å²) in [7, 11) is 0. The summed E-state index contributed by atoms with van der Waals surface area (Å²) in [6.45, 7) is 1.95. The predicted molar refractivity (Wildman–Crippen MR) is 67.1 cm³/mol. The van der Waals surface area contributed by atoms with Crippen molar-refractivity contribution in [2.45, 2.75) is 13.0 Å². The third kappa shape index (κ3) is 2.53. The summed E-state index contributed by atoms with van der Waals surface area (Å²) in [5.41, 5.74) is 1.94. The Hall–Kier alpha value is -1.26. The summed E-state index contributed by atoms with van der Waals surface area (Å²) in [4.78, 5) is 3.66. The van der Waals surface area contributed by atoms with E-state index in [2.05, 4.69) is 20.9 Å². The van der Waals surface area contributed by atoms with Gasteiger partial charge in [0.15, 0.2) is 0 Å². The van der Waals surface area contributed by atoms with E-state index in [4.69, 9.17) is 0 Å². The molecule has 1 aromatic carbocycles. The Bertz CT molecular complexity index is 545. The quantitative estimate of drug-likeness (QED) is 0.921. The first kappa shape index (κ1) is 12.2. The van der Waals surface area contributed by atoms with Crippen molar-refractivity contribution in [1.29, 1.82) is 0 Å². The molecule has 1 heterocycles. The maximum absolute atomic E-state index is 13.5. The topological polar surface area (TPSA) is 33.1 Å². The third-order valence-electron chi connectivity index (χ3n) is 2.55. The number of aryl methyl sites for hydroxylation is 1. The highest BCUT2D eigenvalue weighted by Gasteiger charge is 2.17. The van der Waals surface area contributed by atoms with Crippen LogP contribution in [0.4, 0.5) is 4.39 Å². The minimum Gasteiger partial charge on any atom is -0.384 e. The van der Waals surface area contributed by atoms with Crippen LogP contribution in [0.5, 0.6) is 0 Å². The number of benzene rings is 1. The molecule has 0 saturated heterocycles. The van der Waals surface area contributed by atoms with Crippen molar-refractivity contribution in [3.63, 3.8) is 0 Å². The van der Waals surface area contributed by atoms with Gasteiger partial charge in [-0.15, -0.1) is 0 Å². The molecule has 0 saturated carbocycles. The fourth-order valence-electron chi connectivity index (χ4n) is 1.63. The molecule has 2 rings (SSSR count). The molecule has 0 spiro atoms. The van der Waals surface area contributed by atoms with Crippen LogP contribution < -0.4 is 0 Å². The molecule has 2 aromatic rings. The molecule has 0 aliphatic rings. The molecule has 17 heavy (non-hydrogen) atoms. The van der Waals surface area contributed by atoms with Crippen LogP contribution in [0, 0.1) is 12.7 Å². The molecule has 0 amide bonds. The highest BCUT2D eigenvalue weighted by atomic mass is 79.9. The maximum atomic E-state index is 13.5. The average molecular weight is 296 g/mol. The van der Waals surface area contributed by atoms with Gasteiger partial charge in [0.1, 0.15) is 11.9 Å². The summed E-state index contributed by atoms with van der Waals surface area (Å²) < 4.78 is 14.3. The molecular weight excluding hydrogens is 285 g/mol. The molecule has 0 bridgehead atoms. The summed E-state index contributed by atoms with van der Waals surface area (Å²) in [6.07, 6.45) is 1.57. The van der Waals surface area contributed by atoms with Gasteiger partial charge >= 0.3 is 0 Å². The first-order chi connectivity index (χ1) is 8.09. The van der Waals surface area contributed by atoms with Crippen LogP contribution >= 0.6 is 15.9 Å². The van der Waals surface area contributed by atoms with Crippen LogP contribution in [0.3, 0.4) is 0 Å². The number of aliphatic hydroxyl groups excluding tert-OH is 1. The minimum atomic E-state index is -0.993. The molecule has 0 radical (unpaired) electrons. The highest BCUT2D eigenvalue weighted by Crippen LogP contribution is 2.30. The second-order valence-corrected chi connectivity index (χ2v) is 4.68. The van der Waals surface area contributed by atoms with Gasteiger partial charge in [-0.2, -0.15) is 0 Å². The normalized spacial score (nSPS) is 12.5. The van der Waals surface area contributed by atoms with Crippen molar-refractivity contribution < 1.29 is 9.50 Å². The largest absolute Gasteiger partial charge is 0.384 e. The van der Waals surface area contributed by atoms with E-state index in [1.165, 1.54) is 12.3 Å². The first-order valence-corrected chi connectivity index (χ1v) is 5.92.